The van der Waals surface area contributed by atoms with Gasteiger partial charge in [0.25, 0.3) is 5.91 Å². The topological polar surface area (TPSA) is 211 Å². The van der Waals surface area contributed by atoms with Gasteiger partial charge in [0.05, 0.1) is 35.8 Å². The average molecular weight is 713 g/mol. The Bertz CT molecular complexity index is 2050. The summed E-state index contributed by atoms with van der Waals surface area (Å²) >= 11 is 0. The highest BCUT2D eigenvalue weighted by atomic mass is 16.5. The Labute approximate surface area is 304 Å². The van der Waals surface area contributed by atoms with Gasteiger partial charge in [0.1, 0.15) is 0 Å². The molecule has 5 rings (SSSR count). The summed E-state index contributed by atoms with van der Waals surface area (Å²) in [4.78, 5) is 70.4. The Hall–Kier alpha value is -4.88. The number of carbonyl (C=O) groups is 4. The third-order valence-electron chi connectivity index (χ3n) is 10.6. The Morgan fingerprint density at radius 3 is 2.08 bits per heavy atom. The summed E-state index contributed by atoms with van der Waals surface area (Å²) in [7, 11) is 1.32. The van der Waals surface area contributed by atoms with Crippen molar-refractivity contribution in [1.29, 1.82) is 0 Å². The van der Waals surface area contributed by atoms with Crippen LogP contribution >= 0.6 is 0 Å². The number of hydrogen-bond donors (Lipinski definition) is 6. The van der Waals surface area contributed by atoms with Crippen LogP contribution in [0.25, 0.3) is 22.1 Å². The summed E-state index contributed by atoms with van der Waals surface area (Å²) in [5.41, 5.74) is 19.9. The van der Waals surface area contributed by atoms with E-state index in [1.807, 2.05) is 39.0 Å². The van der Waals surface area contributed by atoms with Crippen molar-refractivity contribution >= 4 is 45.6 Å². The Balaban J connectivity index is 1.97. The van der Waals surface area contributed by atoms with E-state index in [1.165, 1.54) is 7.11 Å². The van der Waals surface area contributed by atoms with E-state index >= 15 is 0 Å². The largest absolute Gasteiger partial charge is 0.469 e. The quantitative estimate of drug-likeness (QED) is 0.114. The zero-order valence-corrected chi connectivity index (χ0v) is 31.3. The second kappa shape index (κ2) is 16.2. The summed E-state index contributed by atoms with van der Waals surface area (Å²) in [5.74, 6) is -1.42. The van der Waals surface area contributed by atoms with Gasteiger partial charge in [0, 0.05) is 95.5 Å². The van der Waals surface area contributed by atoms with Gasteiger partial charge in [0.2, 0.25) is 5.91 Å². The van der Waals surface area contributed by atoms with Crippen molar-refractivity contribution < 1.29 is 23.9 Å². The molecule has 2 aliphatic rings. The summed E-state index contributed by atoms with van der Waals surface area (Å²) in [6.07, 6.45) is 1.26. The van der Waals surface area contributed by atoms with Crippen molar-refractivity contribution in [2.24, 2.45) is 11.5 Å². The van der Waals surface area contributed by atoms with Gasteiger partial charge in [-0.25, -0.2) is 0 Å². The van der Waals surface area contributed by atoms with Crippen LogP contribution in [-0.2, 0) is 20.7 Å². The predicted molar refractivity (Wildman–Crippen MR) is 201 cm³/mol. The zero-order chi connectivity index (χ0) is 37.9. The van der Waals surface area contributed by atoms with Crippen LogP contribution in [-0.4, -0.2) is 76.8 Å². The van der Waals surface area contributed by atoms with Gasteiger partial charge in [-0.1, -0.05) is 20.8 Å². The molecule has 13 heteroatoms. The molecule has 8 bridgehead atoms. The predicted octanol–water partition coefficient (Wildman–Crippen LogP) is 4.58. The number of aromatic nitrogens is 4. The molecule has 3 aromatic rings. The number of methoxy groups -OCH3 is 1. The molecule has 278 valence electrons. The lowest BCUT2D eigenvalue weighted by atomic mass is 9.85. The number of amides is 2. The van der Waals surface area contributed by atoms with Crippen molar-refractivity contribution in [3.05, 3.63) is 68.8 Å². The van der Waals surface area contributed by atoms with Crippen molar-refractivity contribution in [3.8, 4) is 0 Å². The molecular formula is C39H52N8O5. The van der Waals surface area contributed by atoms with Crippen LogP contribution in [0.5, 0.6) is 0 Å². The third kappa shape index (κ3) is 7.51. The molecule has 52 heavy (non-hydrogen) atoms. The molecule has 3 aromatic heterocycles. The zero-order valence-electron chi connectivity index (χ0n) is 31.3. The molecule has 0 aliphatic carbocycles. The van der Waals surface area contributed by atoms with Crippen LogP contribution in [0.1, 0.15) is 131 Å². The lowest BCUT2D eigenvalue weighted by Gasteiger charge is -2.18. The van der Waals surface area contributed by atoms with E-state index < -0.39 is 5.97 Å². The van der Waals surface area contributed by atoms with E-state index in [9.17, 15) is 19.2 Å². The van der Waals surface area contributed by atoms with Gasteiger partial charge in [-0.3, -0.25) is 29.1 Å². The highest BCUT2D eigenvalue weighted by molar-refractivity contribution is 6.06. The van der Waals surface area contributed by atoms with Crippen LogP contribution < -0.4 is 22.1 Å². The first-order valence-corrected chi connectivity index (χ1v) is 18.1. The maximum Gasteiger partial charge on any atom is 0.310 e. The minimum absolute atomic E-state index is 0.0602. The number of nitrogens with two attached hydrogens (primary N) is 2. The van der Waals surface area contributed by atoms with Gasteiger partial charge in [-0.15, -0.1) is 0 Å². The minimum Gasteiger partial charge on any atom is -0.469 e. The Morgan fingerprint density at radius 1 is 0.827 bits per heavy atom. The number of aryl methyl sites for hydroxylation is 2. The average Bonchev–Trinajstić information content (AvgIpc) is 3.80. The van der Waals surface area contributed by atoms with Crippen molar-refractivity contribution in [2.75, 3.05) is 33.3 Å². The fourth-order valence-corrected chi connectivity index (χ4v) is 7.71. The SMILES string of the molecule is CC[C@H]1c2cc3[nH]c(c(CC(=O)OC)c4nc(cc5[nH]c(cc(n2)[C@@H]1C)c(C(C)=O)c5C)[C@@H](C)[C@@H]4CCC(=O)NCCN)c(C(=O)NCCN)c3C. The number of nitrogens with zero attached hydrogens (tertiary/aromatic N) is 2. The standard InChI is InChI=1S/C39H52N8O5/c1-8-24-19(2)27-18-32-35(23(6)48)21(4)29(45-32)16-28-20(3)25(9-10-33(49)42-13-11-40)37(46-28)26(15-34(50)52-7)38-36(39(51)43-14-12-41)22(5)30(47-38)17-31(24)44-27/h16-20,24-25,45,47H,8-15,40-41H2,1-7H3,(H,42,49)(H,43,51)/t19-,20+,24-,25+/m1/s1. The second-order valence-electron chi connectivity index (χ2n) is 13.9. The highest BCUT2D eigenvalue weighted by Crippen LogP contribution is 2.43. The molecule has 2 amide bonds. The maximum atomic E-state index is 14.0. The van der Waals surface area contributed by atoms with Crippen LogP contribution in [0, 0.1) is 13.8 Å². The smallest absolute Gasteiger partial charge is 0.310 e. The first-order chi connectivity index (χ1) is 24.8. The van der Waals surface area contributed by atoms with Crippen molar-refractivity contribution in [3.63, 3.8) is 0 Å². The maximum absolute atomic E-state index is 14.0. The molecule has 8 N–H and O–H groups in total. The number of fused-ring (bicyclic) bond motifs is 8. The number of carbonyl (C=O) groups excluding carboxylic acids is 4. The van der Waals surface area contributed by atoms with Crippen LogP contribution in [0.3, 0.4) is 0 Å². The lowest BCUT2D eigenvalue weighted by molar-refractivity contribution is -0.139. The van der Waals surface area contributed by atoms with Gasteiger partial charge >= 0.3 is 5.97 Å². The number of ether oxygens (including phenoxy) is 1. The Morgan fingerprint density at radius 2 is 1.42 bits per heavy atom. The number of Topliss-reactive ketones (excluding diaryl/α,β-unsaturated/α-hetero) is 1. The number of aromatic amines is 2. The summed E-state index contributed by atoms with van der Waals surface area (Å²) in [6.45, 7) is 12.8. The van der Waals surface area contributed by atoms with E-state index in [4.69, 9.17) is 26.2 Å². The summed E-state index contributed by atoms with van der Waals surface area (Å²) in [5, 5.41) is 5.76. The molecule has 2 aliphatic heterocycles. The van der Waals surface area contributed by atoms with E-state index in [-0.39, 0.29) is 67.2 Å². The van der Waals surface area contributed by atoms with Crippen LogP contribution in [0.4, 0.5) is 0 Å². The molecule has 0 fully saturated rings. The fourth-order valence-electron chi connectivity index (χ4n) is 7.71. The number of hydrogen-bond acceptors (Lipinski definition) is 9. The van der Waals surface area contributed by atoms with Gasteiger partial charge in [-0.2, -0.15) is 0 Å². The number of nitrogens with one attached hydrogen (secondary N) is 4. The number of rotatable bonds is 12. The van der Waals surface area contributed by atoms with E-state index in [1.54, 1.807) is 6.92 Å². The van der Waals surface area contributed by atoms with E-state index in [0.29, 0.717) is 69.7 Å². The highest BCUT2D eigenvalue weighted by Gasteiger charge is 2.34. The summed E-state index contributed by atoms with van der Waals surface area (Å²) in [6, 6.07) is 5.90. The molecule has 0 aromatic carbocycles. The van der Waals surface area contributed by atoms with Crippen molar-refractivity contribution in [1.82, 2.24) is 30.6 Å². The monoisotopic (exact) mass is 712 g/mol. The molecule has 13 nitrogen and oxygen atoms in total. The third-order valence-corrected chi connectivity index (χ3v) is 10.6. The molecule has 0 radical (unpaired) electrons. The Kier molecular flexibility index (Phi) is 12.0. The first kappa shape index (κ1) is 38.4. The van der Waals surface area contributed by atoms with E-state index in [2.05, 4.69) is 34.4 Å². The van der Waals surface area contributed by atoms with Gasteiger partial charge in [-0.05, 0) is 62.9 Å². The fraction of sp³-hybridized carbons (Fsp3) is 0.487. The second-order valence-corrected chi connectivity index (χ2v) is 13.9. The van der Waals surface area contributed by atoms with Crippen molar-refractivity contribution in [2.45, 2.75) is 90.9 Å². The van der Waals surface area contributed by atoms with E-state index in [0.717, 1.165) is 28.9 Å². The number of esters is 1. The lowest BCUT2D eigenvalue weighted by Crippen LogP contribution is -2.29. The minimum atomic E-state index is -0.506. The molecule has 0 unspecified atom stereocenters. The summed E-state index contributed by atoms with van der Waals surface area (Å²) < 4.78 is 5.19. The molecular weight excluding hydrogens is 660 g/mol. The molecule has 0 spiro atoms. The molecule has 4 atom stereocenters. The van der Waals surface area contributed by atoms with Crippen LogP contribution in [0.2, 0.25) is 0 Å². The molecule has 5 heterocycles. The molecule has 0 saturated heterocycles. The number of ketones is 1. The first-order valence-electron chi connectivity index (χ1n) is 18.1. The normalized spacial score (nSPS) is 18.2. The number of H-pyrrole nitrogens is 2. The van der Waals surface area contributed by atoms with Gasteiger partial charge < -0.3 is 36.8 Å². The van der Waals surface area contributed by atoms with Crippen LogP contribution in [0.15, 0.2) is 18.2 Å². The van der Waals surface area contributed by atoms with Gasteiger partial charge in [0.15, 0.2) is 5.78 Å². The molecule has 0 saturated carbocycles.